The first-order valence-electron chi connectivity index (χ1n) is 7.33. The summed E-state index contributed by atoms with van der Waals surface area (Å²) in [4.78, 5) is 22.3. The average molecular weight is 346 g/mol. The fourth-order valence-corrected chi connectivity index (χ4v) is 5.43. The number of rotatable bonds is 5. The highest BCUT2D eigenvalue weighted by molar-refractivity contribution is 7.67. The van der Waals surface area contributed by atoms with Gasteiger partial charge in [0.2, 0.25) is 0 Å². The molecule has 0 bridgehead atoms. The smallest absolute Gasteiger partial charge is 0.307 e. The Labute approximate surface area is 138 Å². The van der Waals surface area contributed by atoms with Crippen molar-refractivity contribution in [1.29, 1.82) is 0 Å². The third-order valence-electron chi connectivity index (χ3n) is 3.93. The fourth-order valence-electron chi connectivity index (χ4n) is 2.84. The quantitative estimate of drug-likeness (QED) is 0.808. The van der Waals surface area contributed by atoms with Gasteiger partial charge in [-0.15, -0.1) is 0 Å². The number of carboxylic acid groups (broad SMARTS) is 2. The van der Waals surface area contributed by atoms with Crippen LogP contribution < -0.4 is 9.83 Å². The van der Waals surface area contributed by atoms with Gasteiger partial charge in [-0.1, -0.05) is 36.4 Å². The Hall–Kier alpha value is -2.59. The minimum Gasteiger partial charge on any atom is -0.481 e. The van der Waals surface area contributed by atoms with Crippen LogP contribution in [0.2, 0.25) is 0 Å². The molecule has 0 saturated heterocycles. The maximum absolute atomic E-state index is 13.4. The summed E-state index contributed by atoms with van der Waals surface area (Å²) >= 11 is 0. The van der Waals surface area contributed by atoms with E-state index in [0.29, 0.717) is 11.1 Å². The molecule has 0 amide bonds. The molecule has 0 unspecified atom stereocenters. The first-order valence-corrected chi connectivity index (χ1v) is 9.14. The van der Waals surface area contributed by atoms with E-state index in [0.717, 1.165) is 11.1 Å². The minimum atomic E-state index is -3.55. The van der Waals surface area contributed by atoms with E-state index >= 15 is 0 Å². The lowest BCUT2D eigenvalue weighted by atomic mass is 10.0. The Morgan fingerprint density at radius 2 is 1.62 bits per heavy atom. The molecule has 0 fully saturated rings. The SMILES string of the molecule is O=C(O)C[C@@H](C[P@@]1(=O)Oc2ccccc2-c2ccccc21)C(=O)O. The van der Waals surface area contributed by atoms with E-state index in [2.05, 4.69) is 0 Å². The van der Waals surface area contributed by atoms with Crippen molar-refractivity contribution < 1.29 is 28.9 Å². The number of para-hydroxylation sites is 1. The van der Waals surface area contributed by atoms with E-state index in [1.807, 2.05) is 12.1 Å². The molecule has 2 atom stereocenters. The van der Waals surface area contributed by atoms with Gasteiger partial charge in [-0.25, -0.2) is 0 Å². The van der Waals surface area contributed by atoms with Crippen molar-refractivity contribution in [3.05, 3.63) is 48.5 Å². The Bertz CT molecular complexity index is 860. The summed E-state index contributed by atoms with van der Waals surface area (Å²) in [6.45, 7) is 0. The highest BCUT2D eigenvalue weighted by Gasteiger charge is 2.40. The lowest BCUT2D eigenvalue weighted by Gasteiger charge is -2.29. The molecule has 0 aliphatic carbocycles. The predicted molar refractivity (Wildman–Crippen MR) is 88.0 cm³/mol. The molecule has 0 spiro atoms. The van der Waals surface area contributed by atoms with Crippen molar-refractivity contribution in [2.75, 3.05) is 6.16 Å². The number of hydrogen-bond donors (Lipinski definition) is 2. The van der Waals surface area contributed by atoms with Gasteiger partial charge >= 0.3 is 11.9 Å². The third-order valence-corrected chi connectivity index (χ3v) is 6.46. The fraction of sp³-hybridized carbons (Fsp3) is 0.176. The molecule has 0 aromatic heterocycles. The van der Waals surface area contributed by atoms with E-state index in [1.165, 1.54) is 0 Å². The topological polar surface area (TPSA) is 101 Å². The lowest BCUT2D eigenvalue weighted by molar-refractivity contribution is -0.147. The summed E-state index contributed by atoms with van der Waals surface area (Å²) in [5.41, 5.74) is 1.51. The molecule has 7 heteroatoms. The van der Waals surface area contributed by atoms with Crippen LogP contribution in [0.4, 0.5) is 0 Å². The summed E-state index contributed by atoms with van der Waals surface area (Å²) in [7, 11) is -3.55. The molecule has 1 aliphatic heterocycles. The van der Waals surface area contributed by atoms with Gasteiger partial charge in [0.1, 0.15) is 5.75 Å². The zero-order chi connectivity index (χ0) is 17.3. The molecule has 2 aromatic rings. The van der Waals surface area contributed by atoms with Crippen molar-refractivity contribution in [1.82, 2.24) is 0 Å². The van der Waals surface area contributed by atoms with Crippen LogP contribution in [0.3, 0.4) is 0 Å². The zero-order valence-corrected chi connectivity index (χ0v) is 13.5. The first-order chi connectivity index (χ1) is 11.4. The van der Waals surface area contributed by atoms with Crippen molar-refractivity contribution in [3.63, 3.8) is 0 Å². The van der Waals surface area contributed by atoms with Gasteiger partial charge in [0.05, 0.1) is 23.8 Å². The Morgan fingerprint density at radius 3 is 2.29 bits per heavy atom. The normalized spacial score (nSPS) is 19.5. The van der Waals surface area contributed by atoms with Gasteiger partial charge in [0.15, 0.2) is 0 Å². The number of aliphatic carboxylic acids is 2. The zero-order valence-electron chi connectivity index (χ0n) is 12.6. The highest BCUT2D eigenvalue weighted by Crippen LogP contribution is 2.55. The van der Waals surface area contributed by atoms with Gasteiger partial charge in [0.25, 0.3) is 7.37 Å². The second kappa shape index (κ2) is 6.13. The van der Waals surface area contributed by atoms with Crippen molar-refractivity contribution in [2.24, 2.45) is 5.92 Å². The molecular weight excluding hydrogens is 331 g/mol. The lowest BCUT2D eigenvalue weighted by Crippen LogP contribution is -2.28. The summed E-state index contributed by atoms with van der Waals surface area (Å²) in [6.07, 6.45) is -0.966. The van der Waals surface area contributed by atoms with Crippen LogP contribution in [0.15, 0.2) is 48.5 Å². The molecule has 0 saturated carbocycles. The molecule has 1 heterocycles. The number of carbonyl (C=O) groups is 2. The summed E-state index contributed by atoms with van der Waals surface area (Å²) in [6, 6.07) is 14.0. The van der Waals surface area contributed by atoms with Crippen LogP contribution in [-0.4, -0.2) is 28.3 Å². The monoisotopic (exact) mass is 346 g/mol. The number of hydrogen-bond acceptors (Lipinski definition) is 4. The van der Waals surface area contributed by atoms with Crippen LogP contribution in [-0.2, 0) is 14.2 Å². The molecule has 3 rings (SSSR count). The Kier molecular flexibility index (Phi) is 4.16. The highest BCUT2D eigenvalue weighted by atomic mass is 31.2. The second-order valence-corrected chi connectivity index (χ2v) is 7.97. The van der Waals surface area contributed by atoms with E-state index in [-0.39, 0.29) is 6.16 Å². The van der Waals surface area contributed by atoms with Crippen LogP contribution in [0.5, 0.6) is 5.75 Å². The summed E-state index contributed by atoms with van der Waals surface area (Å²) in [5, 5.41) is 18.6. The molecule has 124 valence electrons. The van der Waals surface area contributed by atoms with Crippen LogP contribution in [0.25, 0.3) is 11.1 Å². The van der Waals surface area contributed by atoms with E-state index in [1.54, 1.807) is 36.4 Å². The van der Waals surface area contributed by atoms with Gasteiger partial charge in [0, 0.05) is 5.56 Å². The molecule has 6 nitrogen and oxygen atoms in total. The number of carboxylic acids is 2. The van der Waals surface area contributed by atoms with Crippen LogP contribution in [0.1, 0.15) is 6.42 Å². The second-order valence-electron chi connectivity index (χ2n) is 5.59. The minimum absolute atomic E-state index is 0.361. The molecule has 0 radical (unpaired) electrons. The van der Waals surface area contributed by atoms with Crippen LogP contribution >= 0.6 is 7.37 Å². The third kappa shape index (κ3) is 2.93. The van der Waals surface area contributed by atoms with Gasteiger partial charge in [-0.3, -0.25) is 14.2 Å². The Balaban J connectivity index is 2.06. The van der Waals surface area contributed by atoms with E-state index < -0.39 is 31.6 Å². The van der Waals surface area contributed by atoms with Gasteiger partial charge in [-0.2, -0.15) is 0 Å². The summed E-state index contributed by atoms with van der Waals surface area (Å²) in [5.74, 6) is -3.42. The van der Waals surface area contributed by atoms with Crippen molar-refractivity contribution in [3.8, 4) is 16.9 Å². The average Bonchev–Trinajstić information content (AvgIpc) is 2.54. The van der Waals surface area contributed by atoms with E-state index in [9.17, 15) is 19.3 Å². The molecule has 24 heavy (non-hydrogen) atoms. The largest absolute Gasteiger partial charge is 0.481 e. The predicted octanol–water partition coefficient (Wildman–Crippen LogP) is 2.82. The standard InChI is InChI=1S/C17H15O6P/c18-16(19)9-11(17(20)21)10-24(22)15-8-4-2-6-13(15)12-5-1-3-7-14(12)23-24/h1-8,11H,9-10H2,(H,18,19)(H,20,21)/t11-,24+/m0/s1. The Morgan fingerprint density at radius 1 is 1.00 bits per heavy atom. The maximum Gasteiger partial charge on any atom is 0.307 e. The van der Waals surface area contributed by atoms with Crippen molar-refractivity contribution in [2.45, 2.75) is 6.42 Å². The molecule has 1 aliphatic rings. The first kappa shape index (κ1) is 16.3. The number of benzene rings is 2. The van der Waals surface area contributed by atoms with E-state index in [4.69, 9.17) is 9.63 Å². The van der Waals surface area contributed by atoms with Gasteiger partial charge in [-0.05, 0) is 17.7 Å². The van der Waals surface area contributed by atoms with Crippen LogP contribution in [0, 0.1) is 5.92 Å². The molecular formula is C17H15O6P. The molecule has 2 aromatic carbocycles. The van der Waals surface area contributed by atoms with Gasteiger partial charge < -0.3 is 14.7 Å². The summed E-state index contributed by atoms with van der Waals surface area (Å²) < 4.78 is 19.1. The van der Waals surface area contributed by atoms with Crippen molar-refractivity contribution >= 4 is 24.6 Å². The maximum atomic E-state index is 13.4. The number of fused-ring (bicyclic) bond motifs is 3. The molecule has 2 N–H and O–H groups in total.